The molecule has 1 aromatic carbocycles. The second kappa shape index (κ2) is 4.42. The van der Waals surface area contributed by atoms with Gasteiger partial charge in [0.25, 0.3) is 5.91 Å². The molecule has 1 aliphatic heterocycles. The smallest absolute Gasteiger partial charge is 0.261 e. The van der Waals surface area contributed by atoms with E-state index in [1.807, 2.05) is 24.4 Å². The molecule has 5 heteroatoms. The van der Waals surface area contributed by atoms with E-state index in [0.717, 1.165) is 12.0 Å². The number of rotatable bonds is 2. The Morgan fingerprint density at radius 2 is 2.44 bits per heavy atom. The van der Waals surface area contributed by atoms with Gasteiger partial charge >= 0.3 is 0 Å². The number of amides is 1. The number of nitrogens with one attached hydrogen (secondary N) is 1. The molecule has 18 heavy (non-hydrogen) atoms. The van der Waals surface area contributed by atoms with Gasteiger partial charge in [-0.25, -0.2) is 4.98 Å². The van der Waals surface area contributed by atoms with Crippen molar-refractivity contribution in [2.24, 2.45) is 0 Å². The molecule has 1 aromatic heterocycles. The number of thiazole rings is 1. The van der Waals surface area contributed by atoms with Crippen molar-refractivity contribution < 1.29 is 9.53 Å². The van der Waals surface area contributed by atoms with Gasteiger partial charge in [0, 0.05) is 18.0 Å². The van der Waals surface area contributed by atoms with Crippen molar-refractivity contribution in [3.8, 4) is 5.75 Å². The highest BCUT2D eigenvalue weighted by molar-refractivity contribution is 7.13. The van der Waals surface area contributed by atoms with Crippen LogP contribution in [0.2, 0.25) is 0 Å². The number of nitrogens with zero attached hydrogens (tertiary/aromatic N) is 1. The van der Waals surface area contributed by atoms with Gasteiger partial charge < -0.3 is 4.74 Å². The van der Waals surface area contributed by atoms with Crippen molar-refractivity contribution in [2.75, 3.05) is 5.32 Å². The zero-order valence-electron chi connectivity index (χ0n) is 9.84. The first-order valence-corrected chi connectivity index (χ1v) is 6.61. The van der Waals surface area contributed by atoms with E-state index in [-0.39, 0.29) is 12.0 Å². The van der Waals surface area contributed by atoms with Crippen LogP contribution in [0.4, 0.5) is 5.13 Å². The molecule has 1 atom stereocenters. The zero-order valence-corrected chi connectivity index (χ0v) is 10.7. The van der Waals surface area contributed by atoms with Crippen LogP contribution < -0.4 is 10.1 Å². The highest BCUT2D eigenvalue weighted by atomic mass is 32.1. The van der Waals surface area contributed by atoms with Gasteiger partial charge in [0.1, 0.15) is 11.9 Å². The Kier molecular flexibility index (Phi) is 2.76. The summed E-state index contributed by atoms with van der Waals surface area (Å²) in [5.74, 6) is 0.537. The first-order valence-electron chi connectivity index (χ1n) is 5.73. The van der Waals surface area contributed by atoms with E-state index < -0.39 is 0 Å². The lowest BCUT2D eigenvalue weighted by atomic mass is 10.1. The summed E-state index contributed by atoms with van der Waals surface area (Å²) in [5.41, 5.74) is 1.67. The molecule has 92 valence electrons. The largest absolute Gasteiger partial charge is 0.489 e. The Balaban J connectivity index is 1.89. The quantitative estimate of drug-likeness (QED) is 0.903. The van der Waals surface area contributed by atoms with Gasteiger partial charge in [0.2, 0.25) is 0 Å². The lowest BCUT2D eigenvalue weighted by molar-refractivity contribution is 0.102. The highest BCUT2D eigenvalue weighted by Crippen LogP contribution is 2.32. The molecule has 0 saturated heterocycles. The van der Waals surface area contributed by atoms with E-state index in [2.05, 4.69) is 10.3 Å². The first kappa shape index (κ1) is 11.2. The number of hydrogen-bond acceptors (Lipinski definition) is 4. The molecule has 2 aromatic rings. The molecule has 3 rings (SSSR count). The van der Waals surface area contributed by atoms with E-state index >= 15 is 0 Å². The second-order valence-electron chi connectivity index (χ2n) is 4.22. The highest BCUT2D eigenvalue weighted by Gasteiger charge is 2.24. The van der Waals surface area contributed by atoms with Crippen molar-refractivity contribution in [3.63, 3.8) is 0 Å². The lowest BCUT2D eigenvalue weighted by Gasteiger charge is -2.08. The Morgan fingerprint density at radius 3 is 3.22 bits per heavy atom. The average Bonchev–Trinajstić information content (AvgIpc) is 2.95. The topological polar surface area (TPSA) is 51.2 Å². The van der Waals surface area contributed by atoms with Crippen LogP contribution in [0.5, 0.6) is 5.75 Å². The van der Waals surface area contributed by atoms with Crippen molar-refractivity contribution in [1.29, 1.82) is 0 Å². The summed E-state index contributed by atoms with van der Waals surface area (Å²) in [5, 5.41) is 5.19. The maximum Gasteiger partial charge on any atom is 0.261 e. The van der Waals surface area contributed by atoms with Crippen LogP contribution >= 0.6 is 11.3 Å². The Labute approximate surface area is 109 Å². The molecule has 1 amide bonds. The molecule has 2 heterocycles. The van der Waals surface area contributed by atoms with Crippen molar-refractivity contribution >= 4 is 22.4 Å². The zero-order chi connectivity index (χ0) is 12.5. The number of ether oxygens (including phenoxy) is 1. The summed E-state index contributed by atoms with van der Waals surface area (Å²) < 4.78 is 5.70. The van der Waals surface area contributed by atoms with Gasteiger partial charge in [0.15, 0.2) is 5.13 Å². The number of fused-ring (bicyclic) bond motifs is 1. The Hall–Kier alpha value is -1.88. The van der Waals surface area contributed by atoms with Crippen LogP contribution in [-0.2, 0) is 6.42 Å². The minimum absolute atomic E-state index is 0.133. The molecule has 1 N–H and O–H groups in total. The third-order valence-corrected chi connectivity index (χ3v) is 3.51. The molecular weight excluding hydrogens is 248 g/mol. The Morgan fingerprint density at radius 1 is 1.56 bits per heavy atom. The lowest BCUT2D eigenvalue weighted by Crippen LogP contribution is -2.13. The summed E-state index contributed by atoms with van der Waals surface area (Å²) in [7, 11) is 0. The van der Waals surface area contributed by atoms with Crippen LogP contribution in [0.3, 0.4) is 0 Å². The number of anilines is 1. The van der Waals surface area contributed by atoms with Gasteiger partial charge in [-0.15, -0.1) is 11.3 Å². The number of benzene rings is 1. The molecule has 0 bridgehead atoms. The number of aromatic nitrogens is 1. The number of carbonyl (C=O) groups excluding carboxylic acids is 1. The van der Waals surface area contributed by atoms with E-state index in [9.17, 15) is 4.79 Å². The van der Waals surface area contributed by atoms with Crippen LogP contribution in [0.1, 0.15) is 22.8 Å². The molecule has 4 nitrogen and oxygen atoms in total. The maximum absolute atomic E-state index is 12.2. The fourth-order valence-corrected chi connectivity index (χ4v) is 2.59. The molecule has 0 saturated carbocycles. The summed E-state index contributed by atoms with van der Waals surface area (Å²) in [6.45, 7) is 2.00. The van der Waals surface area contributed by atoms with Gasteiger partial charge in [-0.2, -0.15) is 0 Å². The molecular formula is C13H12N2O2S. The van der Waals surface area contributed by atoms with Gasteiger partial charge in [-0.05, 0) is 18.6 Å². The Bertz CT molecular complexity index is 581. The minimum Gasteiger partial charge on any atom is -0.489 e. The van der Waals surface area contributed by atoms with Crippen LogP contribution in [0, 0.1) is 0 Å². The first-order chi connectivity index (χ1) is 8.74. The number of para-hydroxylation sites is 1. The monoisotopic (exact) mass is 260 g/mol. The molecule has 0 unspecified atom stereocenters. The fraction of sp³-hybridized carbons (Fsp3) is 0.231. The molecule has 0 aliphatic carbocycles. The number of hydrogen-bond donors (Lipinski definition) is 1. The third-order valence-electron chi connectivity index (χ3n) is 2.82. The van der Waals surface area contributed by atoms with Crippen molar-refractivity contribution in [3.05, 3.63) is 40.9 Å². The van der Waals surface area contributed by atoms with Gasteiger partial charge in [-0.1, -0.05) is 12.1 Å². The summed E-state index contributed by atoms with van der Waals surface area (Å²) >= 11 is 1.40. The van der Waals surface area contributed by atoms with Crippen molar-refractivity contribution in [1.82, 2.24) is 4.98 Å². The number of carbonyl (C=O) groups is 1. The molecule has 0 radical (unpaired) electrons. The predicted molar refractivity (Wildman–Crippen MR) is 70.3 cm³/mol. The van der Waals surface area contributed by atoms with Gasteiger partial charge in [-0.3, -0.25) is 10.1 Å². The molecule has 0 spiro atoms. The summed E-state index contributed by atoms with van der Waals surface area (Å²) in [6.07, 6.45) is 2.65. The van der Waals surface area contributed by atoms with E-state index in [1.165, 1.54) is 11.3 Å². The van der Waals surface area contributed by atoms with E-state index in [1.54, 1.807) is 12.3 Å². The van der Waals surface area contributed by atoms with Crippen LogP contribution in [-0.4, -0.2) is 17.0 Å². The standard InChI is InChI=1S/C13H12N2O2S/c1-8-7-9-3-2-4-10(11(9)17-8)12(16)15-13-14-5-6-18-13/h2-6,8H,7H2,1H3,(H,14,15,16)/t8-/m0/s1. The maximum atomic E-state index is 12.2. The van der Waals surface area contributed by atoms with Crippen LogP contribution in [0.15, 0.2) is 29.8 Å². The summed E-state index contributed by atoms with van der Waals surface area (Å²) in [6, 6.07) is 5.66. The molecule has 1 aliphatic rings. The SMILES string of the molecule is C[C@H]1Cc2cccc(C(=O)Nc3nccs3)c2O1. The van der Waals surface area contributed by atoms with Crippen LogP contribution in [0.25, 0.3) is 0 Å². The normalized spacial score (nSPS) is 17.1. The summed E-state index contributed by atoms with van der Waals surface area (Å²) in [4.78, 5) is 16.2. The third kappa shape index (κ3) is 1.97. The fourth-order valence-electron chi connectivity index (χ4n) is 2.07. The van der Waals surface area contributed by atoms with E-state index in [4.69, 9.17) is 4.74 Å². The van der Waals surface area contributed by atoms with Crippen molar-refractivity contribution in [2.45, 2.75) is 19.4 Å². The van der Waals surface area contributed by atoms with E-state index in [0.29, 0.717) is 16.4 Å². The second-order valence-corrected chi connectivity index (χ2v) is 5.11. The average molecular weight is 260 g/mol. The predicted octanol–water partition coefficient (Wildman–Crippen LogP) is 2.72. The molecule has 0 fully saturated rings. The minimum atomic E-state index is -0.170. The van der Waals surface area contributed by atoms with Gasteiger partial charge in [0.05, 0.1) is 5.56 Å².